The Morgan fingerprint density at radius 2 is 1.95 bits per heavy atom. The first kappa shape index (κ1) is 16.4. The number of nitrogens with zero attached hydrogens (tertiary/aromatic N) is 1. The van der Waals surface area contributed by atoms with Crippen molar-refractivity contribution in [3.63, 3.8) is 0 Å². The van der Waals surface area contributed by atoms with Gasteiger partial charge in [0.1, 0.15) is 6.54 Å². The van der Waals surface area contributed by atoms with Crippen molar-refractivity contribution in [3.05, 3.63) is 41.5 Å². The average molecular weight is 321 g/mol. The molecule has 1 aliphatic heterocycles. The van der Waals surface area contributed by atoms with Crippen LogP contribution in [0.5, 0.6) is 0 Å². The molecule has 0 unspecified atom stereocenters. The number of halogens is 5. The Bertz CT molecular complexity index is 612. The molecule has 120 valence electrons. The maximum absolute atomic E-state index is 13.8. The van der Waals surface area contributed by atoms with E-state index in [1.807, 2.05) is 0 Å². The van der Waals surface area contributed by atoms with Gasteiger partial charge in [-0.1, -0.05) is 18.2 Å². The molecule has 1 aromatic carbocycles. The molecule has 0 fully saturated rings. The first-order chi connectivity index (χ1) is 10.2. The van der Waals surface area contributed by atoms with Crippen LogP contribution in [0.1, 0.15) is 12.0 Å². The van der Waals surface area contributed by atoms with Crippen LogP contribution in [0.15, 0.2) is 24.3 Å². The summed E-state index contributed by atoms with van der Waals surface area (Å²) < 4.78 is 64.8. The molecule has 0 aliphatic carbocycles. The van der Waals surface area contributed by atoms with Crippen molar-refractivity contribution in [3.8, 4) is 0 Å². The lowest BCUT2D eigenvalue weighted by molar-refractivity contribution is -0.404. The number of rotatable bonds is 2. The van der Waals surface area contributed by atoms with Crippen molar-refractivity contribution in [2.45, 2.75) is 18.6 Å². The molecule has 1 atom stereocenters. The van der Waals surface area contributed by atoms with Crippen molar-refractivity contribution in [1.29, 1.82) is 0 Å². The first-order valence-corrected chi connectivity index (χ1v) is 6.51. The van der Waals surface area contributed by atoms with E-state index in [4.69, 9.17) is 0 Å². The number of quaternary nitrogens is 1. The molecule has 0 saturated heterocycles. The Labute approximate surface area is 123 Å². The van der Waals surface area contributed by atoms with Crippen molar-refractivity contribution in [2.24, 2.45) is 0 Å². The number of carbonyl (C=O) groups excluding carboxylic acids is 1. The molecule has 0 bridgehead atoms. The fourth-order valence-electron chi connectivity index (χ4n) is 2.29. The molecular weight excluding hydrogens is 307 g/mol. The molecule has 0 spiro atoms. The van der Waals surface area contributed by atoms with Crippen LogP contribution in [-0.2, 0) is 4.79 Å². The van der Waals surface area contributed by atoms with Gasteiger partial charge in [0.15, 0.2) is 17.7 Å². The van der Waals surface area contributed by atoms with Gasteiger partial charge in [0, 0.05) is 18.5 Å². The summed E-state index contributed by atoms with van der Waals surface area (Å²) in [5.74, 6) is -3.00. The van der Waals surface area contributed by atoms with Gasteiger partial charge in [0.25, 0.3) is 5.91 Å². The number of alkyl halides is 3. The zero-order valence-electron chi connectivity index (χ0n) is 11.5. The molecule has 0 aromatic heterocycles. The van der Waals surface area contributed by atoms with E-state index in [1.54, 1.807) is 0 Å². The molecule has 1 aromatic rings. The normalized spacial score (nSPS) is 19.9. The van der Waals surface area contributed by atoms with Crippen molar-refractivity contribution in [1.82, 2.24) is 4.90 Å². The Kier molecular flexibility index (Phi) is 4.50. The maximum atomic E-state index is 13.8. The van der Waals surface area contributed by atoms with Gasteiger partial charge in [-0.15, -0.1) is 0 Å². The largest absolute Gasteiger partial charge is 0.406 e. The second kappa shape index (κ2) is 6.04. The third-order valence-electron chi connectivity index (χ3n) is 3.34. The third-order valence-corrected chi connectivity index (χ3v) is 3.34. The zero-order valence-corrected chi connectivity index (χ0v) is 11.5. The number of hydrogen-bond donors (Lipinski definition) is 1. The summed E-state index contributed by atoms with van der Waals surface area (Å²) in [5.41, 5.74) is 3.51. The molecule has 0 radical (unpaired) electrons. The minimum absolute atomic E-state index is 0.0679. The van der Waals surface area contributed by atoms with Gasteiger partial charge in [-0.25, -0.2) is 8.78 Å². The van der Waals surface area contributed by atoms with Gasteiger partial charge in [-0.05, 0) is 11.6 Å². The van der Waals surface area contributed by atoms with Crippen LogP contribution in [0.25, 0.3) is 5.57 Å². The van der Waals surface area contributed by atoms with Gasteiger partial charge in [-0.2, -0.15) is 13.2 Å². The molecule has 0 saturated carbocycles. The Balaban J connectivity index is 2.36. The quantitative estimate of drug-likeness (QED) is 0.829. The molecule has 1 amide bonds. The summed E-state index contributed by atoms with van der Waals surface area (Å²) in [6, 6.07) is 2.55. The van der Waals surface area contributed by atoms with Crippen LogP contribution in [0.2, 0.25) is 0 Å². The van der Waals surface area contributed by atoms with Crippen LogP contribution in [0.4, 0.5) is 22.0 Å². The van der Waals surface area contributed by atoms with E-state index < -0.39 is 42.8 Å². The van der Waals surface area contributed by atoms with Gasteiger partial charge in [0.05, 0.1) is 0 Å². The topological polar surface area (TPSA) is 48.0 Å². The van der Waals surface area contributed by atoms with E-state index in [0.29, 0.717) is 4.90 Å². The molecule has 2 rings (SSSR count). The van der Waals surface area contributed by atoms with Gasteiger partial charge in [-0.3, -0.25) is 4.79 Å². The summed E-state index contributed by atoms with van der Waals surface area (Å²) in [4.78, 5) is 12.5. The van der Waals surface area contributed by atoms with Gasteiger partial charge >= 0.3 is 6.18 Å². The fraction of sp³-hybridized carbons (Fsp3) is 0.357. The summed E-state index contributed by atoms with van der Waals surface area (Å²) in [7, 11) is 0. The first-order valence-electron chi connectivity index (χ1n) is 6.51. The standard InChI is InChI=1S/C14H13F5N2O/c15-10-3-1-2-9(12(10)16)8-4-5-11(20)13(22)21(6-8)7-14(17,18)19/h1-4,11H,5-7,20H2/p+1/t11-/m0/s1. The summed E-state index contributed by atoms with van der Waals surface area (Å²) >= 11 is 0. The SMILES string of the molecule is [NH3+][C@H]1CC=C(c2cccc(F)c2F)CN(CC(F)(F)F)C1=O. The predicted molar refractivity (Wildman–Crippen MR) is 68.3 cm³/mol. The molecular formula is C14H14F5N2O+. The van der Waals surface area contributed by atoms with E-state index >= 15 is 0 Å². The van der Waals surface area contributed by atoms with Crippen LogP contribution in [-0.4, -0.2) is 36.1 Å². The van der Waals surface area contributed by atoms with E-state index in [2.05, 4.69) is 5.73 Å². The highest BCUT2D eigenvalue weighted by Crippen LogP contribution is 2.26. The minimum atomic E-state index is -4.58. The van der Waals surface area contributed by atoms with Crippen LogP contribution in [0.3, 0.4) is 0 Å². The summed E-state index contributed by atoms with van der Waals surface area (Å²) in [6.07, 6.45) is -3.08. The predicted octanol–water partition coefficient (Wildman–Crippen LogP) is 1.75. The highest BCUT2D eigenvalue weighted by atomic mass is 19.4. The summed E-state index contributed by atoms with van der Waals surface area (Å²) in [6.45, 7) is -1.89. The minimum Gasteiger partial charge on any atom is -0.347 e. The van der Waals surface area contributed by atoms with Gasteiger partial charge < -0.3 is 10.6 Å². The lowest BCUT2D eigenvalue weighted by Crippen LogP contribution is -2.67. The average Bonchev–Trinajstić information content (AvgIpc) is 2.54. The fourth-order valence-corrected chi connectivity index (χ4v) is 2.29. The molecule has 1 aliphatic rings. The third kappa shape index (κ3) is 3.62. The maximum Gasteiger partial charge on any atom is 0.406 e. The Morgan fingerprint density at radius 3 is 2.59 bits per heavy atom. The molecule has 3 nitrogen and oxygen atoms in total. The van der Waals surface area contributed by atoms with Crippen molar-refractivity contribution < 1.29 is 32.5 Å². The highest BCUT2D eigenvalue weighted by Gasteiger charge is 2.37. The monoisotopic (exact) mass is 321 g/mol. The number of benzene rings is 1. The lowest BCUT2D eigenvalue weighted by Gasteiger charge is -2.24. The van der Waals surface area contributed by atoms with E-state index in [0.717, 1.165) is 6.07 Å². The zero-order chi connectivity index (χ0) is 16.5. The van der Waals surface area contributed by atoms with Crippen LogP contribution in [0, 0.1) is 11.6 Å². The second-order valence-electron chi connectivity index (χ2n) is 5.07. The number of hydrogen-bond acceptors (Lipinski definition) is 1. The summed E-state index contributed by atoms with van der Waals surface area (Å²) in [5, 5.41) is 0. The van der Waals surface area contributed by atoms with E-state index in [9.17, 15) is 26.7 Å². The lowest BCUT2D eigenvalue weighted by atomic mass is 10.0. The molecule has 1 heterocycles. The van der Waals surface area contributed by atoms with Crippen LogP contribution >= 0.6 is 0 Å². The van der Waals surface area contributed by atoms with Crippen molar-refractivity contribution >= 4 is 11.5 Å². The molecule has 8 heteroatoms. The van der Waals surface area contributed by atoms with Crippen molar-refractivity contribution in [2.75, 3.05) is 13.1 Å². The van der Waals surface area contributed by atoms with Gasteiger partial charge in [0.2, 0.25) is 0 Å². The Hall–Kier alpha value is -1.96. The van der Waals surface area contributed by atoms with E-state index in [-0.39, 0.29) is 17.6 Å². The molecule has 22 heavy (non-hydrogen) atoms. The highest BCUT2D eigenvalue weighted by molar-refractivity contribution is 5.84. The number of amides is 1. The van der Waals surface area contributed by atoms with Crippen LogP contribution < -0.4 is 5.73 Å². The second-order valence-corrected chi connectivity index (χ2v) is 5.07. The number of carbonyl (C=O) groups is 1. The smallest absolute Gasteiger partial charge is 0.347 e. The molecule has 3 N–H and O–H groups in total. The Morgan fingerprint density at radius 1 is 1.27 bits per heavy atom. The van der Waals surface area contributed by atoms with E-state index in [1.165, 1.54) is 18.2 Å².